The van der Waals surface area contributed by atoms with E-state index < -0.39 is 7.26 Å². The highest BCUT2D eigenvalue weighted by Gasteiger charge is 2.44. The zero-order chi connectivity index (χ0) is 27.1. The second-order valence-electron chi connectivity index (χ2n) is 9.90. The Bertz CT molecular complexity index is 1090. The van der Waals surface area contributed by atoms with Crippen LogP contribution in [0.2, 0.25) is 0 Å². The molecular weight excluding hydrogens is 564 g/mol. The standard InChI is InChI=1S/C24H28P.C11H16FN.BrH/c1-2-3-4-14-21-25(22-15-8-5-9-16-22,23-17-10-6-11-18-23)24-19-12-7-13-20-24;1-2-3-4-5-9-8-10(12)6-7-11(9)13;/h5-13,15-20H,2-4,14,21H2,1H3;6-8H,2-5,13H2,1H3;1H/q+1;;/p-1. The minimum Gasteiger partial charge on any atom is -1.00 e. The molecule has 0 heterocycles. The summed E-state index contributed by atoms with van der Waals surface area (Å²) in [5.74, 6) is -0.194. The second-order valence-corrected chi connectivity index (χ2v) is 13.5. The molecule has 0 saturated carbocycles. The SMILES string of the molecule is CCCCCC[P+](c1ccccc1)(c1ccccc1)c1ccccc1.CCCCCc1cc(F)ccc1N.[Br-]. The van der Waals surface area contributed by atoms with Crippen LogP contribution >= 0.6 is 7.26 Å². The van der Waals surface area contributed by atoms with Crippen molar-refractivity contribution in [3.63, 3.8) is 0 Å². The van der Waals surface area contributed by atoms with Crippen molar-refractivity contribution in [2.45, 2.75) is 65.2 Å². The molecule has 1 nitrogen and oxygen atoms in total. The molecule has 2 N–H and O–H groups in total. The van der Waals surface area contributed by atoms with Crippen molar-refractivity contribution in [2.24, 2.45) is 0 Å². The van der Waals surface area contributed by atoms with Crippen molar-refractivity contribution >= 4 is 28.9 Å². The summed E-state index contributed by atoms with van der Waals surface area (Å²) in [5, 5.41) is 4.51. The molecule has 0 atom stereocenters. The average molecular weight is 609 g/mol. The Morgan fingerprint density at radius 3 is 1.51 bits per heavy atom. The molecule has 0 saturated heterocycles. The van der Waals surface area contributed by atoms with E-state index in [1.165, 1.54) is 72.7 Å². The normalized spacial score (nSPS) is 10.7. The fourth-order valence-electron chi connectivity index (χ4n) is 5.01. The first kappa shape index (κ1) is 32.7. The van der Waals surface area contributed by atoms with Crippen LogP contribution in [-0.4, -0.2) is 6.16 Å². The zero-order valence-corrected chi connectivity index (χ0v) is 26.0. The first-order valence-corrected chi connectivity index (χ1v) is 16.2. The third-order valence-corrected chi connectivity index (χ3v) is 11.6. The molecule has 0 fully saturated rings. The molecule has 208 valence electrons. The van der Waals surface area contributed by atoms with Gasteiger partial charge < -0.3 is 22.7 Å². The number of nitrogen functional groups attached to an aromatic ring is 1. The van der Waals surface area contributed by atoms with Crippen molar-refractivity contribution in [3.05, 3.63) is 121 Å². The predicted octanol–water partition coefficient (Wildman–Crippen LogP) is 5.71. The van der Waals surface area contributed by atoms with Crippen molar-refractivity contribution in [1.82, 2.24) is 0 Å². The lowest BCUT2D eigenvalue weighted by molar-refractivity contribution is -0.00000839. The maximum atomic E-state index is 12.8. The van der Waals surface area contributed by atoms with E-state index in [9.17, 15) is 4.39 Å². The third kappa shape index (κ3) is 9.59. The fourth-order valence-corrected chi connectivity index (χ4v) is 9.42. The highest BCUT2D eigenvalue weighted by Crippen LogP contribution is 2.55. The summed E-state index contributed by atoms with van der Waals surface area (Å²) < 4.78 is 12.8. The van der Waals surface area contributed by atoms with Gasteiger partial charge in [0.2, 0.25) is 0 Å². The summed E-state index contributed by atoms with van der Waals surface area (Å²) in [6.07, 6.45) is 10.8. The number of hydrogen-bond donors (Lipinski definition) is 1. The van der Waals surface area contributed by atoms with Crippen molar-refractivity contribution < 1.29 is 21.4 Å². The Morgan fingerprint density at radius 2 is 1.05 bits per heavy atom. The van der Waals surface area contributed by atoms with Crippen LogP contribution in [0, 0.1) is 5.82 Å². The van der Waals surface area contributed by atoms with Crippen LogP contribution in [-0.2, 0) is 6.42 Å². The Morgan fingerprint density at radius 1 is 0.590 bits per heavy atom. The number of unbranched alkanes of at least 4 members (excludes halogenated alkanes) is 5. The number of halogens is 2. The number of benzene rings is 4. The fraction of sp³-hybridized carbons (Fsp3) is 0.314. The molecule has 0 amide bonds. The molecule has 0 aliphatic rings. The van der Waals surface area contributed by atoms with Gasteiger partial charge in [0.15, 0.2) is 0 Å². The maximum Gasteiger partial charge on any atom is 0.123 e. The maximum absolute atomic E-state index is 12.8. The van der Waals surface area contributed by atoms with Crippen LogP contribution in [0.15, 0.2) is 109 Å². The Labute approximate surface area is 247 Å². The Hall–Kier alpha value is -2.48. The van der Waals surface area contributed by atoms with Gasteiger partial charge in [0.05, 0.1) is 6.16 Å². The Balaban J connectivity index is 0.000000324. The van der Waals surface area contributed by atoms with Crippen LogP contribution in [0.4, 0.5) is 10.1 Å². The summed E-state index contributed by atoms with van der Waals surface area (Å²) in [4.78, 5) is 0. The smallest absolute Gasteiger partial charge is 0.123 e. The van der Waals surface area contributed by atoms with E-state index in [2.05, 4.69) is 105 Å². The van der Waals surface area contributed by atoms with Crippen LogP contribution in [0.3, 0.4) is 0 Å². The lowest BCUT2D eigenvalue weighted by atomic mass is 10.1. The molecule has 0 aromatic heterocycles. The largest absolute Gasteiger partial charge is 1.00 e. The molecule has 4 heteroatoms. The van der Waals surface area contributed by atoms with Gasteiger partial charge in [-0.25, -0.2) is 4.39 Å². The van der Waals surface area contributed by atoms with Crippen molar-refractivity contribution in [2.75, 3.05) is 11.9 Å². The van der Waals surface area contributed by atoms with Gasteiger partial charge in [-0.15, -0.1) is 0 Å². The highest BCUT2D eigenvalue weighted by atomic mass is 79.9. The van der Waals surface area contributed by atoms with Gasteiger partial charge in [0, 0.05) is 5.69 Å². The molecule has 0 bridgehead atoms. The molecule has 4 aromatic carbocycles. The van der Waals surface area contributed by atoms with E-state index in [1.54, 1.807) is 6.07 Å². The third-order valence-electron chi connectivity index (χ3n) is 7.09. The van der Waals surface area contributed by atoms with Crippen LogP contribution in [0.5, 0.6) is 0 Å². The van der Waals surface area contributed by atoms with E-state index in [4.69, 9.17) is 5.73 Å². The van der Waals surface area contributed by atoms with Crippen molar-refractivity contribution in [1.29, 1.82) is 0 Å². The molecular formula is C35H44BrFNP. The molecule has 39 heavy (non-hydrogen) atoms. The minimum atomic E-state index is -1.59. The van der Waals surface area contributed by atoms with Gasteiger partial charge in [-0.1, -0.05) is 94.1 Å². The van der Waals surface area contributed by atoms with Gasteiger partial charge >= 0.3 is 0 Å². The minimum absolute atomic E-state index is 0. The molecule has 0 spiro atoms. The lowest BCUT2D eigenvalue weighted by Gasteiger charge is -2.27. The molecule has 0 unspecified atom stereocenters. The first-order valence-electron chi connectivity index (χ1n) is 14.2. The summed E-state index contributed by atoms with van der Waals surface area (Å²) >= 11 is 0. The van der Waals surface area contributed by atoms with E-state index in [0.717, 1.165) is 18.4 Å². The lowest BCUT2D eigenvalue weighted by Crippen LogP contribution is -3.00. The summed E-state index contributed by atoms with van der Waals surface area (Å²) in [5.41, 5.74) is 7.35. The molecule has 4 rings (SSSR count). The topological polar surface area (TPSA) is 26.0 Å². The number of anilines is 1. The summed E-state index contributed by atoms with van der Waals surface area (Å²) in [6, 6.07) is 38.2. The summed E-state index contributed by atoms with van der Waals surface area (Å²) in [7, 11) is -1.59. The van der Waals surface area contributed by atoms with E-state index in [0.29, 0.717) is 5.69 Å². The van der Waals surface area contributed by atoms with Gasteiger partial charge in [-0.05, 0) is 85.8 Å². The van der Waals surface area contributed by atoms with Crippen LogP contribution in [0.25, 0.3) is 0 Å². The van der Waals surface area contributed by atoms with Gasteiger partial charge in [0.1, 0.15) is 29.0 Å². The van der Waals surface area contributed by atoms with Gasteiger partial charge in [-0.2, -0.15) is 0 Å². The highest BCUT2D eigenvalue weighted by molar-refractivity contribution is 7.95. The van der Waals surface area contributed by atoms with E-state index in [1.807, 2.05) is 0 Å². The molecule has 0 aliphatic carbocycles. The number of rotatable bonds is 12. The van der Waals surface area contributed by atoms with Gasteiger partial charge in [-0.3, -0.25) is 0 Å². The number of nitrogens with two attached hydrogens (primary N) is 1. The average Bonchev–Trinajstić information content (AvgIpc) is 2.97. The number of hydrogen-bond acceptors (Lipinski definition) is 1. The van der Waals surface area contributed by atoms with Crippen LogP contribution in [0.1, 0.15) is 64.4 Å². The molecule has 0 radical (unpaired) electrons. The second kappa shape index (κ2) is 18.0. The van der Waals surface area contributed by atoms with E-state index >= 15 is 0 Å². The van der Waals surface area contributed by atoms with Gasteiger partial charge in [0.25, 0.3) is 0 Å². The first-order chi connectivity index (χ1) is 18.6. The predicted molar refractivity (Wildman–Crippen MR) is 168 cm³/mol. The van der Waals surface area contributed by atoms with E-state index in [-0.39, 0.29) is 22.8 Å². The Kier molecular flexibility index (Phi) is 15.1. The summed E-state index contributed by atoms with van der Waals surface area (Å²) in [6.45, 7) is 4.43. The van der Waals surface area contributed by atoms with Crippen LogP contribution < -0.4 is 38.6 Å². The van der Waals surface area contributed by atoms with Crippen molar-refractivity contribution in [3.8, 4) is 0 Å². The molecule has 4 aromatic rings. The molecule has 0 aliphatic heterocycles. The zero-order valence-electron chi connectivity index (χ0n) is 23.5. The monoisotopic (exact) mass is 607 g/mol. The quantitative estimate of drug-likeness (QED) is 0.125. The number of aryl methyl sites for hydroxylation is 1.